The summed E-state index contributed by atoms with van der Waals surface area (Å²) in [4.78, 5) is 27.9. The number of piperidine rings is 1. The van der Waals surface area contributed by atoms with E-state index in [-0.39, 0.29) is 30.7 Å². The molecule has 1 saturated carbocycles. The number of likely N-dealkylation sites (N-methyl/N-ethyl adjacent to an activating group) is 1. The highest BCUT2D eigenvalue weighted by atomic mass is 16.4. The lowest BCUT2D eigenvalue weighted by Crippen LogP contribution is -2.57. The number of nitrogens with zero attached hydrogens (tertiary/aromatic N) is 2. The van der Waals surface area contributed by atoms with Crippen molar-refractivity contribution in [2.75, 3.05) is 19.6 Å². The first-order chi connectivity index (χ1) is 13.0. The molecule has 2 aliphatic rings. The van der Waals surface area contributed by atoms with Crippen LogP contribution in [0.5, 0.6) is 0 Å². The van der Waals surface area contributed by atoms with E-state index in [0.717, 1.165) is 38.8 Å². The molecule has 148 valence electrons. The highest BCUT2D eigenvalue weighted by molar-refractivity contribution is 5.75. The Labute approximate surface area is 161 Å². The maximum absolute atomic E-state index is 13.0. The van der Waals surface area contributed by atoms with Crippen molar-refractivity contribution >= 4 is 12.0 Å². The zero-order chi connectivity index (χ0) is 19.4. The molecule has 1 aliphatic carbocycles. The van der Waals surface area contributed by atoms with Crippen molar-refractivity contribution < 1.29 is 14.7 Å². The minimum absolute atomic E-state index is 0.0140. The average Bonchev–Trinajstić information content (AvgIpc) is 2.63. The van der Waals surface area contributed by atoms with Crippen LogP contribution in [-0.2, 0) is 4.79 Å². The molecule has 1 aliphatic heterocycles. The summed E-state index contributed by atoms with van der Waals surface area (Å²) in [7, 11) is 0. The van der Waals surface area contributed by atoms with Crippen molar-refractivity contribution in [1.82, 2.24) is 15.1 Å². The lowest BCUT2D eigenvalue weighted by atomic mass is 9.85. The van der Waals surface area contributed by atoms with E-state index in [0.29, 0.717) is 5.92 Å². The molecule has 3 rings (SSSR count). The second-order valence-electron chi connectivity index (χ2n) is 7.99. The van der Waals surface area contributed by atoms with Gasteiger partial charge in [-0.05, 0) is 43.7 Å². The summed E-state index contributed by atoms with van der Waals surface area (Å²) >= 11 is 0. The summed E-state index contributed by atoms with van der Waals surface area (Å²) in [6, 6.07) is 10.8. The molecule has 0 aromatic heterocycles. The predicted octanol–water partition coefficient (Wildman–Crippen LogP) is 3.11. The summed E-state index contributed by atoms with van der Waals surface area (Å²) in [5, 5.41) is 12.2. The monoisotopic (exact) mass is 373 g/mol. The number of amides is 2. The van der Waals surface area contributed by atoms with Crippen molar-refractivity contribution in [2.45, 2.75) is 57.7 Å². The third kappa shape index (κ3) is 4.80. The first-order valence-corrected chi connectivity index (χ1v) is 10.1. The molecular weight excluding hydrogens is 342 g/mol. The number of carbonyl (C=O) groups excluding carboxylic acids is 1. The van der Waals surface area contributed by atoms with Gasteiger partial charge in [-0.25, -0.2) is 4.79 Å². The van der Waals surface area contributed by atoms with E-state index in [1.54, 1.807) is 0 Å². The number of nitrogens with one attached hydrogen (secondary N) is 1. The molecule has 2 unspecified atom stereocenters. The van der Waals surface area contributed by atoms with Gasteiger partial charge < -0.3 is 15.3 Å². The average molecular weight is 373 g/mol. The molecule has 0 bridgehead atoms. The van der Waals surface area contributed by atoms with Gasteiger partial charge in [0.05, 0.1) is 12.6 Å². The smallest absolute Gasteiger partial charge is 0.318 e. The minimum atomic E-state index is -0.794. The maximum atomic E-state index is 13.0. The van der Waals surface area contributed by atoms with Crippen molar-refractivity contribution in [1.29, 1.82) is 0 Å². The van der Waals surface area contributed by atoms with Crippen LogP contribution < -0.4 is 5.32 Å². The molecule has 2 atom stereocenters. The maximum Gasteiger partial charge on any atom is 0.318 e. The SMILES string of the molecule is CCN(CC(=O)O)C1CC(NC(=O)N2CC(C)CCC2c2ccccc2)C1. The molecule has 2 amide bonds. The molecule has 0 spiro atoms. The van der Waals surface area contributed by atoms with Gasteiger partial charge in [0.15, 0.2) is 0 Å². The van der Waals surface area contributed by atoms with Crippen LogP contribution in [0.25, 0.3) is 0 Å². The Hall–Kier alpha value is -2.08. The number of hydrogen-bond acceptors (Lipinski definition) is 3. The number of aliphatic carboxylic acids is 1. The zero-order valence-corrected chi connectivity index (χ0v) is 16.3. The Balaban J connectivity index is 1.57. The summed E-state index contributed by atoms with van der Waals surface area (Å²) in [6.07, 6.45) is 3.78. The van der Waals surface area contributed by atoms with E-state index in [1.165, 1.54) is 5.56 Å². The van der Waals surface area contributed by atoms with Gasteiger partial charge in [0, 0.05) is 18.6 Å². The van der Waals surface area contributed by atoms with E-state index >= 15 is 0 Å². The van der Waals surface area contributed by atoms with Gasteiger partial charge in [-0.1, -0.05) is 44.2 Å². The fraction of sp³-hybridized carbons (Fsp3) is 0.619. The fourth-order valence-corrected chi connectivity index (χ4v) is 4.33. The normalized spacial score (nSPS) is 27.9. The van der Waals surface area contributed by atoms with Crippen molar-refractivity contribution in [2.24, 2.45) is 5.92 Å². The Bertz CT molecular complexity index is 645. The van der Waals surface area contributed by atoms with Gasteiger partial charge in [0.1, 0.15) is 0 Å². The van der Waals surface area contributed by atoms with Gasteiger partial charge in [-0.15, -0.1) is 0 Å². The predicted molar refractivity (Wildman–Crippen MR) is 105 cm³/mol. The quantitative estimate of drug-likeness (QED) is 0.804. The molecule has 0 radical (unpaired) electrons. The first-order valence-electron chi connectivity index (χ1n) is 10.1. The lowest BCUT2D eigenvalue weighted by Gasteiger charge is -2.44. The lowest BCUT2D eigenvalue weighted by molar-refractivity contribution is -0.139. The van der Waals surface area contributed by atoms with Crippen LogP contribution >= 0.6 is 0 Å². The van der Waals surface area contributed by atoms with Crippen LogP contribution in [-0.4, -0.2) is 58.6 Å². The fourth-order valence-electron chi connectivity index (χ4n) is 4.33. The third-order valence-electron chi connectivity index (χ3n) is 5.96. The van der Waals surface area contributed by atoms with Crippen LogP contribution in [0, 0.1) is 5.92 Å². The number of likely N-dealkylation sites (tertiary alicyclic amines) is 1. The summed E-state index contributed by atoms with van der Waals surface area (Å²) in [5.74, 6) is -0.284. The Kier molecular flexibility index (Phi) is 6.37. The van der Waals surface area contributed by atoms with Crippen LogP contribution in [0.3, 0.4) is 0 Å². The molecule has 2 fully saturated rings. The van der Waals surface area contributed by atoms with E-state index < -0.39 is 5.97 Å². The number of hydrogen-bond donors (Lipinski definition) is 2. The number of urea groups is 1. The van der Waals surface area contributed by atoms with Gasteiger partial charge in [0.25, 0.3) is 0 Å². The van der Waals surface area contributed by atoms with Crippen molar-refractivity contribution in [3.63, 3.8) is 0 Å². The molecule has 1 aromatic rings. The van der Waals surface area contributed by atoms with Crippen LogP contribution in [0.4, 0.5) is 4.79 Å². The summed E-state index contributed by atoms with van der Waals surface area (Å²) < 4.78 is 0. The molecule has 27 heavy (non-hydrogen) atoms. The number of benzene rings is 1. The van der Waals surface area contributed by atoms with Gasteiger partial charge in [-0.3, -0.25) is 9.69 Å². The highest BCUT2D eigenvalue weighted by Gasteiger charge is 2.37. The van der Waals surface area contributed by atoms with E-state index in [1.807, 2.05) is 34.9 Å². The van der Waals surface area contributed by atoms with Crippen LogP contribution in [0.1, 0.15) is 51.1 Å². The van der Waals surface area contributed by atoms with Crippen LogP contribution in [0.2, 0.25) is 0 Å². The van der Waals surface area contributed by atoms with Gasteiger partial charge >= 0.3 is 12.0 Å². The van der Waals surface area contributed by atoms with E-state index in [2.05, 4.69) is 24.4 Å². The standard InChI is InChI=1S/C21H31N3O3/c1-3-23(14-20(25)26)18-11-17(12-18)22-21(27)24-13-15(2)9-10-19(24)16-7-5-4-6-8-16/h4-8,15,17-19H,3,9-14H2,1-2H3,(H,22,27)(H,25,26). The topological polar surface area (TPSA) is 72.9 Å². The minimum Gasteiger partial charge on any atom is -0.480 e. The molecule has 1 saturated heterocycles. The van der Waals surface area contributed by atoms with Crippen molar-refractivity contribution in [3.8, 4) is 0 Å². The third-order valence-corrected chi connectivity index (χ3v) is 5.96. The largest absolute Gasteiger partial charge is 0.480 e. The van der Waals surface area contributed by atoms with E-state index in [4.69, 9.17) is 5.11 Å². The number of carboxylic acid groups (broad SMARTS) is 1. The molecule has 1 aromatic carbocycles. The summed E-state index contributed by atoms with van der Waals surface area (Å²) in [6.45, 7) is 5.75. The first kappa shape index (κ1) is 19.7. The second kappa shape index (κ2) is 8.74. The Morgan fingerprint density at radius 1 is 1.22 bits per heavy atom. The molecular formula is C21H31N3O3. The number of rotatable bonds is 6. The van der Waals surface area contributed by atoms with E-state index in [9.17, 15) is 9.59 Å². The van der Waals surface area contributed by atoms with Gasteiger partial charge in [0.2, 0.25) is 0 Å². The Morgan fingerprint density at radius 2 is 1.93 bits per heavy atom. The van der Waals surface area contributed by atoms with Crippen LogP contribution in [0.15, 0.2) is 30.3 Å². The molecule has 6 nitrogen and oxygen atoms in total. The number of carbonyl (C=O) groups is 2. The Morgan fingerprint density at radius 3 is 2.56 bits per heavy atom. The van der Waals surface area contributed by atoms with Gasteiger partial charge in [-0.2, -0.15) is 0 Å². The number of carboxylic acids is 1. The second-order valence-corrected chi connectivity index (χ2v) is 7.99. The summed E-state index contributed by atoms with van der Waals surface area (Å²) in [5.41, 5.74) is 1.20. The zero-order valence-electron chi connectivity index (χ0n) is 16.3. The van der Waals surface area contributed by atoms with Crippen molar-refractivity contribution in [3.05, 3.63) is 35.9 Å². The molecule has 6 heteroatoms. The molecule has 2 N–H and O–H groups in total. The molecule has 1 heterocycles. The highest BCUT2D eigenvalue weighted by Crippen LogP contribution is 2.34.